The van der Waals surface area contributed by atoms with Gasteiger partial charge in [0.05, 0.1) is 17.6 Å². The number of aromatic nitrogens is 2. The molecule has 0 aliphatic heterocycles. The molecule has 1 unspecified atom stereocenters. The number of aromatic amines is 1. The number of aliphatic hydroxyl groups excluding tert-OH is 4. The molecular formula is C11H13FN2O4. The molecule has 0 spiro atoms. The predicted molar refractivity (Wildman–Crippen MR) is 60.1 cm³/mol. The minimum absolute atomic E-state index is 0.00407. The number of rotatable bonds is 4. The van der Waals surface area contributed by atoms with Gasteiger partial charge in [-0.15, -0.1) is 0 Å². The second-order valence-corrected chi connectivity index (χ2v) is 3.97. The van der Waals surface area contributed by atoms with E-state index in [1.807, 2.05) is 0 Å². The second-order valence-electron chi connectivity index (χ2n) is 3.97. The number of aliphatic hydroxyl groups is 4. The average Bonchev–Trinajstić information content (AvgIpc) is 2.78. The molecule has 1 aromatic carbocycles. The summed E-state index contributed by atoms with van der Waals surface area (Å²) < 4.78 is 13.0. The molecule has 0 aliphatic carbocycles. The molecule has 3 atom stereocenters. The van der Waals surface area contributed by atoms with Crippen molar-refractivity contribution in [1.29, 1.82) is 0 Å². The Morgan fingerprint density at radius 3 is 2.67 bits per heavy atom. The largest absolute Gasteiger partial charge is 0.394 e. The number of hydrogen-bond acceptors (Lipinski definition) is 5. The summed E-state index contributed by atoms with van der Waals surface area (Å²) in [5, 5.41) is 37.2. The van der Waals surface area contributed by atoms with E-state index in [-0.39, 0.29) is 5.82 Å². The highest BCUT2D eigenvalue weighted by Crippen LogP contribution is 2.20. The van der Waals surface area contributed by atoms with E-state index in [9.17, 15) is 19.7 Å². The van der Waals surface area contributed by atoms with Gasteiger partial charge < -0.3 is 25.4 Å². The predicted octanol–water partition coefficient (Wildman–Crippen LogP) is -0.550. The number of imidazole rings is 1. The van der Waals surface area contributed by atoms with E-state index in [1.165, 1.54) is 18.2 Å². The summed E-state index contributed by atoms with van der Waals surface area (Å²) >= 11 is 0. The van der Waals surface area contributed by atoms with Crippen LogP contribution in [-0.4, -0.2) is 49.2 Å². The fraction of sp³-hybridized carbons (Fsp3) is 0.364. The quantitative estimate of drug-likeness (QED) is 0.504. The normalized spacial score (nSPS) is 16.7. The third-order valence-corrected chi connectivity index (χ3v) is 2.65. The highest BCUT2D eigenvalue weighted by atomic mass is 19.1. The van der Waals surface area contributed by atoms with Crippen molar-refractivity contribution < 1.29 is 24.8 Å². The fourth-order valence-corrected chi connectivity index (χ4v) is 1.62. The summed E-state index contributed by atoms with van der Waals surface area (Å²) in [6.07, 6.45) is -4.56. The van der Waals surface area contributed by atoms with Gasteiger partial charge in [0.1, 0.15) is 30.0 Å². The van der Waals surface area contributed by atoms with Crippen molar-refractivity contribution in [2.24, 2.45) is 0 Å². The molecule has 0 amide bonds. The average molecular weight is 256 g/mol. The van der Waals surface area contributed by atoms with Crippen LogP contribution < -0.4 is 0 Å². The second kappa shape index (κ2) is 4.99. The van der Waals surface area contributed by atoms with E-state index in [1.54, 1.807) is 0 Å². The van der Waals surface area contributed by atoms with Crippen LogP contribution in [0.3, 0.4) is 0 Å². The summed E-state index contributed by atoms with van der Waals surface area (Å²) in [7, 11) is 0. The third-order valence-electron chi connectivity index (χ3n) is 2.65. The number of H-pyrrole nitrogens is 1. The van der Waals surface area contributed by atoms with Crippen molar-refractivity contribution in [2.75, 3.05) is 6.61 Å². The maximum absolute atomic E-state index is 13.0. The first-order valence-electron chi connectivity index (χ1n) is 5.33. The molecule has 1 heterocycles. The zero-order valence-electron chi connectivity index (χ0n) is 9.29. The van der Waals surface area contributed by atoms with Gasteiger partial charge in [-0.25, -0.2) is 9.37 Å². The fourth-order valence-electron chi connectivity index (χ4n) is 1.62. The first-order valence-corrected chi connectivity index (χ1v) is 5.33. The van der Waals surface area contributed by atoms with Gasteiger partial charge in [0.25, 0.3) is 0 Å². The molecule has 18 heavy (non-hydrogen) atoms. The Hall–Kier alpha value is -1.54. The Bertz CT molecular complexity index is 545. The highest BCUT2D eigenvalue weighted by Gasteiger charge is 2.27. The molecule has 0 saturated carbocycles. The van der Waals surface area contributed by atoms with Crippen LogP contribution in [0, 0.1) is 5.82 Å². The van der Waals surface area contributed by atoms with Crippen molar-refractivity contribution in [2.45, 2.75) is 18.3 Å². The molecule has 6 nitrogen and oxygen atoms in total. The standard InChI is InChI=1S/C11H13FN2O4/c12-5-1-2-6-7(3-5)14-11(13-6)10(18)9(17)8(16)4-15/h1-3,8-10,15-18H,4H2,(H,13,14)/t8-,9+,10?/m1/s1. The van der Waals surface area contributed by atoms with Crippen molar-refractivity contribution in [3.05, 3.63) is 29.8 Å². The van der Waals surface area contributed by atoms with Crippen LogP contribution in [-0.2, 0) is 0 Å². The Morgan fingerprint density at radius 2 is 2.00 bits per heavy atom. The molecule has 0 bridgehead atoms. The molecule has 0 fully saturated rings. The molecule has 5 N–H and O–H groups in total. The number of benzene rings is 1. The van der Waals surface area contributed by atoms with Crippen LogP contribution in [0.2, 0.25) is 0 Å². The Balaban J connectivity index is 2.30. The summed E-state index contributed by atoms with van der Waals surface area (Å²) in [6, 6.07) is 3.85. The first-order chi connectivity index (χ1) is 8.52. The number of nitrogens with zero attached hydrogens (tertiary/aromatic N) is 1. The van der Waals surface area contributed by atoms with Gasteiger partial charge in [0.15, 0.2) is 0 Å². The Morgan fingerprint density at radius 1 is 1.28 bits per heavy atom. The van der Waals surface area contributed by atoms with Gasteiger partial charge in [0, 0.05) is 0 Å². The molecule has 0 saturated heterocycles. The molecule has 0 radical (unpaired) electrons. The molecule has 1 aromatic heterocycles. The lowest BCUT2D eigenvalue weighted by Crippen LogP contribution is -2.35. The van der Waals surface area contributed by atoms with Crippen molar-refractivity contribution >= 4 is 11.0 Å². The lowest BCUT2D eigenvalue weighted by atomic mass is 10.1. The molecule has 2 rings (SSSR count). The maximum Gasteiger partial charge on any atom is 0.140 e. The topological polar surface area (TPSA) is 110 Å². The minimum Gasteiger partial charge on any atom is -0.394 e. The van der Waals surface area contributed by atoms with Crippen molar-refractivity contribution in [3.8, 4) is 0 Å². The zero-order valence-corrected chi connectivity index (χ0v) is 9.29. The summed E-state index contributed by atoms with van der Waals surface area (Å²) in [4.78, 5) is 6.61. The summed E-state index contributed by atoms with van der Waals surface area (Å²) in [5.74, 6) is -0.460. The number of halogens is 1. The number of nitrogens with one attached hydrogen (secondary N) is 1. The van der Waals surface area contributed by atoms with Crippen molar-refractivity contribution in [1.82, 2.24) is 9.97 Å². The van der Waals surface area contributed by atoms with E-state index in [0.29, 0.717) is 11.0 Å². The summed E-state index contributed by atoms with van der Waals surface area (Å²) in [6.45, 7) is -0.687. The molecule has 7 heteroatoms. The smallest absolute Gasteiger partial charge is 0.140 e. The van der Waals surface area contributed by atoms with Crippen LogP contribution in [0.4, 0.5) is 4.39 Å². The highest BCUT2D eigenvalue weighted by molar-refractivity contribution is 5.75. The summed E-state index contributed by atoms with van der Waals surface area (Å²) in [5.41, 5.74) is 0.797. The van der Waals surface area contributed by atoms with Gasteiger partial charge in [-0.1, -0.05) is 0 Å². The zero-order chi connectivity index (χ0) is 13.3. The maximum atomic E-state index is 13.0. The number of hydrogen-bond donors (Lipinski definition) is 5. The van der Waals surface area contributed by atoms with Crippen LogP contribution in [0.15, 0.2) is 18.2 Å². The van der Waals surface area contributed by atoms with Gasteiger partial charge in [0.2, 0.25) is 0 Å². The number of fused-ring (bicyclic) bond motifs is 1. The first kappa shape index (κ1) is 12.9. The molecule has 0 aliphatic rings. The van der Waals surface area contributed by atoms with E-state index in [0.717, 1.165) is 0 Å². The van der Waals surface area contributed by atoms with E-state index >= 15 is 0 Å². The van der Waals surface area contributed by atoms with Crippen LogP contribution in [0.25, 0.3) is 11.0 Å². The van der Waals surface area contributed by atoms with Crippen LogP contribution in [0.1, 0.15) is 11.9 Å². The van der Waals surface area contributed by atoms with Gasteiger partial charge in [-0.2, -0.15) is 0 Å². The minimum atomic E-state index is -1.58. The Labute approximate surface area is 101 Å². The van der Waals surface area contributed by atoms with Crippen LogP contribution >= 0.6 is 0 Å². The monoisotopic (exact) mass is 256 g/mol. The van der Waals surface area contributed by atoms with E-state index in [2.05, 4.69) is 9.97 Å². The van der Waals surface area contributed by atoms with Gasteiger partial charge >= 0.3 is 0 Å². The van der Waals surface area contributed by atoms with Gasteiger partial charge in [-0.3, -0.25) is 0 Å². The molecule has 2 aromatic rings. The van der Waals surface area contributed by atoms with E-state index in [4.69, 9.17) is 5.11 Å². The lowest BCUT2D eigenvalue weighted by Gasteiger charge is -2.19. The molecular weight excluding hydrogens is 243 g/mol. The third kappa shape index (κ3) is 2.34. The van der Waals surface area contributed by atoms with E-state index < -0.39 is 30.7 Å². The van der Waals surface area contributed by atoms with Crippen LogP contribution in [0.5, 0.6) is 0 Å². The lowest BCUT2D eigenvalue weighted by molar-refractivity contribution is -0.0800. The van der Waals surface area contributed by atoms with Gasteiger partial charge in [-0.05, 0) is 18.2 Å². The Kier molecular flexibility index (Phi) is 3.58. The SMILES string of the molecule is OC[C@@H](O)[C@H](O)C(O)c1nc2ccc(F)cc2[nH]1. The van der Waals surface area contributed by atoms with Crippen molar-refractivity contribution in [3.63, 3.8) is 0 Å². The molecule has 98 valence electrons.